The molecule has 1 aliphatic heterocycles. The molecule has 0 saturated heterocycles. The van der Waals surface area contributed by atoms with Crippen molar-refractivity contribution in [1.82, 2.24) is 10.3 Å². The highest BCUT2D eigenvalue weighted by Gasteiger charge is 2.18. The quantitative estimate of drug-likeness (QED) is 0.446. The number of hydrogen-bond acceptors (Lipinski definition) is 4. The van der Waals surface area contributed by atoms with Crippen LogP contribution in [0.3, 0.4) is 0 Å². The van der Waals surface area contributed by atoms with E-state index < -0.39 is 0 Å². The second kappa shape index (κ2) is 7.72. The minimum atomic E-state index is -0.247. The van der Waals surface area contributed by atoms with Crippen molar-refractivity contribution in [2.24, 2.45) is 4.99 Å². The molecule has 6 heteroatoms. The van der Waals surface area contributed by atoms with Gasteiger partial charge in [0.2, 0.25) is 0 Å². The number of urea groups is 1. The predicted octanol–water partition coefficient (Wildman–Crippen LogP) is 5.78. The van der Waals surface area contributed by atoms with Gasteiger partial charge in [0.1, 0.15) is 0 Å². The number of carbonyl (C=O) groups is 1. The Kier molecular flexibility index (Phi) is 4.77. The largest absolute Gasteiger partial charge is 0.331 e. The van der Waals surface area contributed by atoms with E-state index in [0.29, 0.717) is 6.54 Å². The summed E-state index contributed by atoms with van der Waals surface area (Å²) in [6.07, 6.45) is 5.36. The lowest BCUT2D eigenvalue weighted by molar-refractivity contribution is 0.249. The van der Waals surface area contributed by atoms with Crippen LogP contribution in [0.25, 0.3) is 20.5 Å². The van der Waals surface area contributed by atoms with Crippen molar-refractivity contribution < 1.29 is 4.79 Å². The number of nitrogens with zero attached hydrogens (tertiary/aromatic N) is 2. The second-order valence-electron chi connectivity index (χ2n) is 7.32. The van der Waals surface area contributed by atoms with E-state index >= 15 is 0 Å². The molecule has 0 radical (unpaired) electrons. The normalized spacial score (nSPS) is 13.2. The van der Waals surface area contributed by atoms with Gasteiger partial charge in [-0.25, -0.2) is 4.79 Å². The Morgan fingerprint density at radius 1 is 1.13 bits per heavy atom. The van der Waals surface area contributed by atoms with Crippen molar-refractivity contribution in [3.8, 4) is 10.4 Å². The number of aliphatic imine (C=N–C) groups is 1. The van der Waals surface area contributed by atoms with E-state index in [-0.39, 0.29) is 12.1 Å². The van der Waals surface area contributed by atoms with Gasteiger partial charge in [0, 0.05) is 39.4 Å². The fraction of sp³-hybridized carbons (Fsp3) is 0.125. The van der Waals surface area contributed by atoms with Crippen molar-refractivity contribution in [2.75, 3.05) is 5.32 Å². The van der Waals surface area contributed by atoms with E-state index in [9.17, 15) is 4.79 Å². The molecule has 0 aliphatic carbocycles. The molecule has 2 aromatic heterocycles. The Bertz CT molecular complexity index is 1230. The van der Waals surface area contributed by atoms with Crippen LogP contribution in [-0.2, 0) is 6.54 Å². The molecular formula is C24H20N4OS. The van der Waals surface area contributed by atoms with Gasteiger partial charge in [0.15, 0.2) is 0 Å². The lowest BCUT2D eigenvalue weighted by Gasteiger charge is -2.16. The number of amides is 2. The summed E-state index contributed by atoms with van der Waals surface area (Å²) in [7, 11) is 0. The van der Waals surface area contributed by atoms with Crippen molar-refractivity contribution in [3.63, 3.8) is 0 Å². The van der Waals surface area contributed by atoms with Crippen LogP contribution in [-0.4, -0.2) is 17.2 Å². The van der Waals surface area contributed by atoms with E-state index in [0.717, 1.165) is 22.4 Å². The molecule has 1 unspecified atom stereocenters. The van der Waals surface area contributed by atoms with Gasteiger partial charge < -0.3 is 10.6 Å². The number of benzene rings is 2. The van der Waals surface area contributed by atoms with E-state index in [2.05, 4.69) is 50.9 Å². The molecule has 30 heavy (non-hydrogen) atoms. The third kappa shape index (κ3) is 3.57. The van der Waals surface area contributed by atoms with Gasteiger partial charge in [0.05, 0.1) is 12.6 Å². The van der Waals surface area contributed by atoms with Gasteiger partial charge in [-0.1, -0.05) is 24.3 Å². The van der Waals surface area contributed by atoms with Gasteiger partial charge in [-0.2, -0.15) is 0 Å². The monoisotopic (exact) mass is 412 g/mol. The number of nitrogens with one attached hydrogen (secondary N) is 2. The van der Waals surface area contributed by atoms with Gasteiger partial charge in [-0.05, 0) is 59.3 Å². The van der Waals surface area contributed by atoms with Crippen molar-refractivity contribution in [1.29, 1.82) is 0 Å². The fourth-order valence-corrected chi connectivity index (χ4v) is 4.81. The molecule has 2 aromatic carbocycles. The van der Waals surface area contributed by atoms with Crippen molar-refractivity contribution >= 4 is 39.4 Å². The molecule has 0 fully saturated rings. The molecular weight excluding hydrogens is 392 g/mol. The molecule has 0 spiro atoms. The summed E-state index contributed by atoms with van der Waals surface area (Å²) in [5, 5.41) is 7.19. The molecule has 4 aromatic rings. The van der Waals surface area contributed by atoms with E-state index in [1.54, 1.807) is 23.7 Å². The zero-order valence-electron chi connectivity index (χ0n) is 16.4. The highest BCUT2D eigenvalue weighted by molar-refractivity contribution is 7.22. The number of fused-ring (bicyclic) bond motifs is 2. The van der Waals surface area contributed by atoms with E-state index in [1.165, 1.54) is 20.5 Å². The fourth-order valence-electron chi connectivity index (χ4n) is 3.71. The third-order valence-corrected chi connectivity index (χ3v) is 6.39. The Balaban J connectivity index is 1.43. The average Bonchev–Trinajstić information content (AvgIpc) is 3.40. The predicted molar refractivity (Wildman–Crippen MR) is 123 cm³/mol. The second-order valence-corrected chi connectivity index (χ2v) is 8.40. The Morgan fingerprint density at radius 2 is 2.03 bits per heavy atom. The number of rotatable bonds is 4. The molecule has 2 N–H and O–H groups in total. The molecule has 0 saturated carbocycles. The van der Waals surface area contributed by atoms with Crippen LogP contribution >= 0.6 is 11.3 Å². The summed E-state index contributed by atoms with van der Waals surface area (Å²) in [6, 6.07) is 18.0. The number of anilines is 1. The first-order chi connectivity index (χ1) is 14.7. The summed E-state index contributed by atoms with van der Waals surface area (Å²) >= 11 is 1.76. The molecule has 3 heterocycles. The Morgan fingerprint density at radius 3 is 2.87 bits per heavy atom. The smallest absolute Gasteiger partial charge is 0.319 e. The first-order valence-corrected chi connectivity index (χ1v) is 10.6. The zero-order valence-corrected chi connectivity index (χ0v) is 17.2. The van der Waals surface area contributed by atoms with Crippen LogP contribution in [0.4, 0.5) is 10.5 Å². The molecule has 0 bridgehead atoms. The van der Waals surface area contributed by atoms with Crippen LogP contribution in [0.5, 0.6) is 0 Å². The first kappa shape index (κ1) is 18.5. The number of carbonyl (C=O) groups excluding carboxylic acids is 1. The first-order valence-electron chi connectivity index (χ1n) is 9.80. The molecule has 1 atom stereocenters. The maximum absolute atomic E-state index is 12.6. The van der Waals surface area contributed by atoms with Crippen LogP contribution in [0.15, 0.2) is 72.0 Å². The van der Waals surface area contributed by atoms with E-state index in [4.69, 9.17) is 0 Å². The Hall–Kier alpha value is -3.51. The molecule has 5 rings (SSSR count). The number of thiophene rings is 1. The molecule has 148 valence electrons. The number of aromatic nitrogens is 1. The van der Waals surface area contributed by atoms with Crippen LogP contribution in [0.2, 0.25) is 0 Å². The standard InChI is InChI=1S/C24H20N4OS/c1-15(17-6-4-8-25-12-17)27-24(29)28-19-9-18-13-26-14-21(18)20(11-19)23-10-16-5-2-3-7-22(16)30-23/h2-13,15H,14H2,1H3,(H2,27,28,29). The zero-order chi connectivity index (χ0) is 20.5. The summed E-state index contributed by atoms with van der Waals surface area (Å²) in [4.78, 5) is 22.4. The maximum atomic E-state index is 12.6. The van der Waals surface area contributed by atoms with Crippen molar-refractivity contribution in [2.45, 2.75) is 19.5 Å². The van der Waals surface area contributed by atoms with Gasteiger partial charge in [0.25, 0.3) is 0 Å². The molecule has 5 nitrogen and oxygen atoms in total. The summed E-state index contributed by atoms with van der Waals surface area (Å²) in [6.45, 7) is 2.61. The lowest BCUT2D eigenvalue weighted by atomic mass is 10.0. The van der Waals surface area contributed by atoms with E-state index in [1.807, 2.05) is 37.4 Å². The molecule has 2 amide bonds. The summed E-state index contributed by atoms with van der Waals surface area (Å²) in [5.74, 6) is 0. The number of pyridine rings is 1. The van der Waals surface area contributed by atoms with Crippen LogP contribution in [0, 0.1) is 0 Å². The van der Waals surface area contributed by atoms with Crippen LogP contribution in [0.1, 0.15) is 29.7 Å². The van der Waals surface area contributed by atoms with Gasteiger partial charge >= 0.3 is 6.03 Å². The molecule has 1 aliphatic rings. The minimum absolute atomic E-state index is 0.142. The van der Waals surface area contributed by atoms with Crippen LogP contribution < -0.4 is 10.6 Å². The van der Waals surface area contributed by atoms with Gasteiger partial charge in [-0.3, -0.25) is 9.98 Å². The lowest BCUT2D eigenvalue weighted by Crippen LogP contribution is -2.31. The van der Waals surface area contributed by atoms with Gasteiger partial charge in [-0.15, -0.1) is 11.3 Å². The Labute approximate surface area is 178 Å². The highest BCUT2D eigenvalue weighted by atomic mass is 32.1. The summed E-state index contributed by atoms with van der Waals surface area (Å²) in [5.41, 5.74) is 5.10. The average molecular weight is 413 g/mol. The van der Waals surface area contributed by atoms with Crippen molar-refractivity contribution in [3.05, 3.63) is 83.7 Å². The maximum Gasteiger partial charge on any atom is 0.319 e. The SMILES string of the molecule is CC(NC(=O)Nc1cc2c(c(-c3cc4ccccc4s3)c1)CN=C2)c1cccnc1. The topological polar surface area (TPSA) is 66.4 Å². The third-order valence-electron chi connectivity index (χ3n) is 5.25. The minimum Gasteiger partial charge on any atom is -0.331 e. The highest BCUT2D eigenvalue weighted by Crippen LogP contribution is 2.39. The number of hydrogen-bond donors (Lipinski definition) is 2. The summed E-state index contributed by atoms with van der Waals surface area (Å²) < 4.78 is 1.25.